The minimum Gasteiger partial charge on any atom is -0.372 e. The highest BCUT2D eigenvalue weighted by Gasteiger charge is 2.16. The molecule has 1 aromatic rings. The van der Waals surface area contributed by atoms with E-state index in [0.29, 0.717) is 6.42 Å². The number of carbonyl (C=O) groups excluding carboxylic acids is 1. The number of rotatable bonds is 3. The van der Waals surface area contributed by atoms with Gasteiger partial charge in [0.25, 0.3) is 0 Å². The molecule has 18 heavy (non-hydrogen) atoms. The molecule has 0 aliphatic carbocycles. The Morgan fingerprint density at radius 1 is 1.28 bits per heavy atom. The first-order chi connectivity index (χ1) is 8.47. The van der Waals surface area contributed by atoms with Crippen molar-refractivity contribution in [2.75, 3.05) is 13.1 Å². The fourth-order valence-corrected chi connectivity index (χ4v) is 1.98. The van der Waals surface area contributed by atoms with Crippen LogP contribution in [0.3, 0.4) is 0 Å². The van der Waals surface area contributed by atoms with Crippen LogP contribution in [0.5, 0.6) is 0 Å². The van der Waals surface area contributed by atoms with E-state index in [0.717, 1.165) is 24.5 Å². The maximum absolute atomic E-state index is 12.0. The van der Waals surface area contributed by atoms with Crippen LogP contribution in [-0.4, -0.2) is 24.7 Å². The molecule has 0 unspecified atom stereocenters. The third kappa shape index (κ3) is 2.97. The molecule has 2 rings (SSSR count). The summed E-state index contributed by atoms with van der Waals surface area (Å²) in [5.74, 6) is 0.948. The van der Waals surface area contributed by atoms with E-state index in [9.17, 15) is 4.79 Å². The van der Waals surface area contributed by atoms with E-state index in [-0.39, 0.29) is 11.2 Å². The van der Waals surface area contributed by atoms with Crippen molar-refractivity contribution in [3.05, 3.63) is 35.4 Å². The van der Waals surface area contributed by atoms with E-state index >= 15 is 0 Å². The second kappa shape index (κ2) is 4.92. The molecule has 1 aliphatic rings. The van der Waals surface area contributed by atoms with Gasteiger partial charge in [0.2, 0.25) is 0 Å². The van der Waals surface area contributed by atoms with Gasteiger partial charge in [0, 0.05) is 12.1 Å². The maximum Gasteiger partial charge on any atom is 0.170 e. The quantitative estimate of drug-likeness (QED) is 0.830. The van der Waals surface area contributed by atoms with Crippen LogP contribution in [0.25, 0.3) is 0 Å². The number of nitrogens with one attached hydrogen (secondary N) is 1. The summed E-state index contributed by atoms with van der Waals surface area (Å²) in [6.07, 6.45) is 0.384. The smallest absolute Gasteiger partial charge is 0.170 e. The first kappa shape index (κ1) is 12.8. The zero-order valence-electron chi connectivity index (χ0n) is 11.3. The van der Waals surface area contributed by atoms with Gasteiger partial charge in [-0.05, 0) is 11.0 Å². The molecule has 0 radical (unpaired) electrons. The maximum atomic E-state index is 12.0. The van der Waals surface area contributed by atoms with Crippen molar-refractivity contribution >= 4 is 11.6 Å². The molecule has 1 aliphatic heterocycles. The van der Waals surface area contributed by atoms with Crippen LogP contribution in [0.15, 0.2) is 29.3 Å². The lowest BCUT2D eigenvalue weighted by Crippen LogP contribution is -2.21. The highest BCUT2D eigenvalue weighted by atomic mass is 16.1. The van der Waals surface area contributed by atoms with Crippen molar-refractivity contribution in [1.29, 1.82) is 0 Å². The van der Waals surface area contributed by atoms with Gasteiger partial charge in [-0.15, -0.1) is 0 Å². The predicted molar refractivity (Wildman–Crippen MR) is 74.4 cm³/mol. The molecule has 1 aromatic carbocycles. The van der Waals surface area contributed by atoms with Crippen LogP contribution in [0, 0.1) is 0 Å². The van der Waals surface area contributed by atoms with Crippen molar-refractivity contribution in [3.63, 3.8) is 0 Å². The lowest BCUT2D eigenvalue weighted by molar-refractivity contribution is 0.1000. The first-order valence-electron chi connectivity index (χ1n) is 6.38. The van der Waals surface area contributed by atoms with Gasteiger partial charge in [-0.3, -0.25) is 9.79 Å². The summed E-state index contributed by atoms with van der Waals surface area (Å²) < 4.78 is 0. The fourth-order valence-electron chi connectivity index (χ4n) is 1.98. The number of aliphatic imine (C=N–C) groups is 1. The zero-order valence-corrected chi connectivity index (χ0v) is 11.3. The second-order valence-corrected chi connectivity index (χ2v) is 5.68. The van der Waals surface area contributed by atoms with Gasteiger partial charge in [-0.2, -0.15) is 0 Å². The molecule has 0 fully saturated rings. The third-order valence-electron chi connectivity index (χ3n) is 3.14. The lowest BCUT2D eigenvalue weighted by atomic mass is 9.86. The summed E-state index contributed by atoms with van der Waals surface area (Å²) in [7, 11) is 0. The molecular formula is C15H20N2O. The van der Waals surface area contributed by atoms with Gasteiger partial charge in [-0.1, -0.05) is 45.0 Å². The molecule has 0 aromatic heterocycles. The standard InChI is InChI=1S/C15H20N2O/c1-15(2,3)12-6-4-11(5-7-12)13(18)10-14-16-8-9-17-14/h4-7H,8-10H2,1-3H3,(H,16,17). The van der Waals surface area contributed by atoms with E-state index in [4.69, 9.17) is 0 Å². The summed E-state index contributed by atoms with van der Waals surface area (Å²) in [5, 5.41) is 3.12. The molecule has 1 N–H and O–H groups in total. The number of nitrogens with zero attached hydrogens (tertiary/aromatic N) is 1. The minimum atomic E-state index is 0.124. The molecule has 0 atom stereocenters. The van der Waals surface area contributed by atoms with Gasteiger partial charge in [0.05, 0.1) is 13.0 Å². The number of benzene rings is 1. The zero-order chi connectivity index (χ0) is 13.2. The van der Waals surface area contributed by atoms with Crippen LogP contribution >= 0.6 is 0 Å². The monoisotopic (exact) mass is 244 g/mol. The van der Waals surface area contributed by atoms with Crippen molar-refractivity contribution in [2.45, 2.75) is 32.6 Å². The Hall–Kier alpha value is -1.64. The van der Waals surface area contributed by atoms with Gasteiger partial charge in [0.15, 0.2) is 5.78 Å². The van der Waals surface area contributed by atoms with E-state index < -0.39 is 0 Å². The van der Waals surface area contributed by atoms with Gasteiger partial charge in [-0.25, -0.2) is 0 Å². The first-order valence-corrected chi connectivity index (χ1v) is 6.38. The number of Topliss-reactive ketones (excluding diaryl/α,β-unsaturated/α-hetero) is 1. The third-order valence-corrected chi connectivity index (χ3v) is 3.14. The lowest BCUT2D eigenvalue weighted by Gasteiger charge is -2.19. The number of hydrogen-bond acceptors (Lipinski definition) is 3. The Labute approximate surface area is 108 Å². The van der Waals surface area contributed by atoms with Crippen molar-refractivity contribution in [2.24, 2.45) is 4.99 Å². The van der Waals surface area contributed by atoms with Crippen molar-refractivity contribution in [3.8, 4) is 0 Å². The molecular weight excluding hydrogens is 224 g/mol. The van der Waals surface area contributed by atoms with E-state index in [1.54, 1.807) is 0 Å². The summed E-state index contributed by atoms with van der Waals surface area (Å²) >= 11 is 0. The highest BCUT2D eigenvalue weighted by Crippen LogP contribution is 2.22. The van der Waals surface area contributed by atoms with E-state index in [1.807, 2.05) is 24.3 Å². The van der Waals surface area contributed by atoms with Crippen LogP contribution in [-0.2, 0) is 5.41 Å². The van der Waals surface area contributed by atoms with Gasteiger partial charge in [0.1, 0.15) is 5.84 Å². The molecule has 3 heteroatoms. The predicted octanol–water partition coefficient (Wildman–Crippen LogP) is 2.56. The number of carbonyl (C=O) groups is 1. The molecule has 0 bridgehead atoms. The largest absolute Gasteiger partial charge is 0.372 e. The summed E-state index contributed by atoms with van der Waals surface area (Å²) in [6.45, 7) is 8.14. The molecule has 0 amide bonds. The van der Waals surface area contributed by atoms with Crippen LogP contribution in [0.1, 0.15) is 43.1 Å². The molecule has 0 saturated heterocycles. The number of ketones is 1. The Bertz CT molecular complexity index is 466. The average Bonchev–Trinajstić information content (AvgIpc) is 2.81. The van der Waals surface area contributed by atoms with Crippen LogP contribution in [0.2, 0.25) is 0 Å². The highest BCUT2D eigenvalue weighted by molar-refractivity contribution is 6.09. The summed E-state index contributed by atoms with van der Waals surface area (Å²) in [6, 6.07) is 7.91. The van der Waals surface area contributed by atoms with E-state index in [2.05, 4.69) is 31.1 Å². The second-order valence-electron chi connectivity index (χ2n) is 5.68. The summed E-state index contributed by atoms with van der Waals surface area (Å²) in [4.78, 5) is 16.3. The molecule has 3 nitrogen and oxygen atoms in total. The summed E-state index contributed by atoms with van der Waals surface area (Å²) in [5.41, 5.74) is 2.13. The minimum absolute atomic E-state index is 0.124. The normalized spacial score (nSPS) is 15.2. The van der Waals surface area contributed by atoms with Crippen LogP contribution in [0.4, 0.5) is 0 Å². The Morgan fingerprint density at radius 3 is 2.44 bits per heavy atom. The number of amidine groups is 1. The fraction of sp³-hybridized carbons (Fsp3) is 0.467. The van der Waals surface area contributed by atoms with Crippen molar-refractivity contribution < 1.29 is 4.79 Å². The van der Waals surface area contributed by atoms with Gasteiger partial charge < -0.3 is 5.32 Å². The SMILES string of the molecule is CC(C)(C)c1ccc(C(=O)CC2=NCCN2)cc1. The topological polar surface area (TPSA) is 41.5 Å². The molecule has 96 valence electrons. The Balaban J connectivity index is 2.07. The Morgan fingerprint density at radius 2 is 1.94 bits per heavy atom. The van der Waals surface area contributed by atoms with Gasteiger partial charge >= 0.3 is 0 Å². The average molecular weight is 244 g/mol. The van der Waals surface area contributed by atoms with E-state index in [1.165, 1.54) is 5.56 Å². The Kier molecular flexibility index (Phi) is 3.50. The molecule has 0 spiro atoms. The van der Waals surface area contributed by atoms with Crippen molar-refractivity contribution in [1.82, 2.24) is 5.32 Å². The van der Waals surface area contributed by atoms with Crippen LogP contribution < -0.4 is 5.32 Å². The molecule has 0 saturated carbocycles. The molecule has 1 heterocycles. The number of hydrogen-bond donors (Lipinski definition) is 1.